The van der Waals surface area contributed by atoms with Gasteiger partial charge >= 0.3 is 5.97 Å². The number of aliphatic carboxylic acids is 1. The molecule has 94 valence electrons. The summed E-state index contributed by atoms with van der Waals surface area (Å²) < 4.78 is 5.22. The molecule has 0 fully saturated rings. The SMILES string of the molecule is O=C(O)CCNCc1ccc(OCCO)cc1. The van der Waals surface area contributed by atoms with Gasteiger partial charge in [0.2, 0.25) is 0 Å². The lowest BCUT2D eigenvalue weighted by Crippen LogP contribution is -2.17. The monoisotopic (exact) mass is 239 g/mol. The van der Waals surface area contributed by atoms with E-state index in [1.54, 1.807) is 0 Å². The van der Waals surface area contributed by atoms with Crippen LogP contribution in [-0.2, 0) is 11.3 Å². The van der Waals surface area contributed by atoms with E-state index in [2.05, 4.69) is 5.32 Å². The fraction of sp³-hybridized carbons (Fsp3) is 0.417. The van der Waals surface area contributed by atoms with E-state index >= 15 is 0 Å². The maximum atomic E-state index is 10.3. The molecule has 17 heavy (non-hydrogen) atoms. The maximum absolute atomic E-state index is 10.3. The van der Waals surface area contributed by atoms with Crippen LogP contribution in [-0.4, -0.2) is 35.9 Å². The number of carboxylic acids is 1. The number of rotatable bonds is 8. The molecule has 0 radical (unpaired) electrons. The number of ether oxygens (including phenoxy) is 1. The first-order valence-corrected chi connectivity index (χ1v) is 5.47. The Morgan fingerprint density at radius 3 is 2.59 bits per heavy atom. The molecule has 0 heterocycles. The van der Waals surface area contributed by atoms with Gasteiger partial charge in [0.05, 0.1) is 13.0 Å². The average molecular weight is 239 g/mol. The predicted octanol–water partition coefficient (Wildman–Crippen LogP) is 0.622. The Morgan fingerprint density at radius 1 is 1.29 bits per heavy atom. The Hall–Kier alpha value is -1.59. The molecule has 1 rings (SSSR count). The molecule has 0 bridgehead atoms. The van der Waals surface area contributed by atoms with E-state index in [9.17, 15) is 4.79 Å². The van der Waals surface area contributed by atoms with Crippen LogP contribution in [0.1, 0.15) is 12.0 Å². The number of carboxylic acid groups (broad SMARTS) is 1. The summed E-state index contributed by atoms with van der Waals surface area (Å²) in [5.41, 5.74) is 1.06. The van der Waals surface area contributed by atoms with Crippen LogP contribution in [0.25, 0.3) is 0 Å². The van der Waals surface area contributed by atoms with Crippen molar-refractivity contribution in [3.63, 3.8) is 0 Å². The summed E-state index contributed by atoms with van der Waals surface area (Å²) in [4.78, 5) is 10.3. The van der Waals surface area contributed by atoms with E-state index in [0.29, 0.717) is 18.8 Å². The number of nitrogens with one attached hydrogen (secondary N) is 1. The van der Waals surface area contributed by atoms with Crippen LogP contribution < -0.4 is 10.1 Å². The van der Waals surface area contributed by atoms with Gasteiger partial charge < -0.3 is 20.3 Å². The third kappa shape index (κ3) is 5.89. The summed E-state index contributed by atoms with van der Waals surface area (Å²) in [6.45, 7) is 1.38. The van der Waals surface area contributed by atoms with Crippen LogP contribution in [0, 0.1) is 0 Å². The van der Waals surface area contributed by atoms with Crippen molar-refractivity contribution in [1.82, 2.24) is 5.32 Å². The van der Waals surface area contributed by atoms with Gasteiger partial charge in [0.15, 0.2) is 0 Å². The molecule has 0 amide bonds. The van der Waals surface area contributed by atoms with Crippen LogP contribution >= 0.6 is 0 Å². The van der Waals surface area contributed by atoms with E-state index in [4.69, 9.17) is 14.9 Å². The van der Waals surface area contributed by atoms with Gasteiger partial charge in [-0.15, -0.1) is 0 Å². The Labute approximate surface area is 100 Å². The van der Waals surface area contributed by atoms with Gasteiger partial charge in [0.1, 0.15) is 12.4 Å². The van der Waals surface area contributed by atoms with E-state index < -0.39 is 5.97 Å². The molecule has 3 N–H and O–H groups in total. The van der Waals surface area contributed by atoms with Crippen molar-refractivity contribution in [2.75, 3.05) is 19.8 Å². The van der Waals surface area contributed by atoms with Crippen molar-refractivity contribution in [2.45, 2.75) is 13.0 Å². The minimum absolute atomic E-state index is 0.00149. The molecule has 0 spiro atoms. The highest BCUT2D eigenvalue weighted by Gasteiger charge is 1.97. The first-order chi connectivity index (χ1) is 8.22. The van der Waals surface area contributed by atoms with Crippen molar-refractivity contribution >= 4 is 5.97 Å². The molecule has 0 saturated heterocycles. The average Bonchev–Trinajstić information content (AvgIpc) is 2.33. The van der Waals surface area contributed by atoms with Crippen molar-refractivity contribution in [1.29, 1.82) is 0 Å². The van der Waals surface area contributed by atoms with Crippen LogP contribution in [0.3, 0.4) is 0 Å². The molecule has 0 atom stereocenters. The molecule has 0 unspecified atom stereocenters. The van der Waals surface area contributed by atoms with E-state index in [1.807, 2.05) is 24.3 Å². The first-order valence-electron chi connectivity index (χ1n) is 5.47. The third-order valence-corrected chi connectivity index (χ3v) is 2.13. The summed E-state index contributed by atoms with van der Waals surface area (Å²) >= 11 is 0. The van der Waals surface area contributed by atoms with Gasteiger partial charge in [0, 0.05) is 13.1 Å². The number of benzene rings is 1. The zero-order chi connectivity index (χ0) is 12.5. The molecule has 0 aliphatic rings. The second kappa shape index (κ2) is 7.65. The maximum Gasteiger partial charge on any atom is 0.304 e. The molecule has 0 aliphatic heterocycles. The molecule has 5 nitrogen and oxygen atoms in total. The zero-order valence-electron chi connectivity index (χ0n) is 9.56. The lowest BCUT2D eigenvalue weighted by molar-refractivity contribution is -0.136. The van der Waals surface area contributed by atoms with Crippen molar-refractivity contribution in [2.24, 2.45) is 0 Å². The highest BCUT2D eigenvalue weighted by molar-refractivity contribution is 5.66. The second-order valence-electron chi connectivity index (χ2n) is 3.54. The highest BCUT2D eigenvalue weighted by Crippen LogP contribution is 2.11. The van der Waals surface area contributed by atoms with Crippen LogP contribution in [0.2, 0.25) is 0 Å². The summed E-state index contributed by atoms with van der Waals surface area (Å²) in [5, 5.41) is 20.1. The molecule has 1 aromatic carbocycles. The molecular weight excluding hydrogens is 222 g/mol. The minimum atomic E-state index is -0.801. The smallest absolute Gasteiger partial charge is 0.304 e. The van der Waals surface area contributed by atoms with Crippen molar-refractivity contribution in [3.05, 3.63) is 29.8 Å². The predicted molar refractivity (Wildman–Crippen MR) is 63.0 cm³/mol. The Kier molecular flexibility index (Phi) is 6.06. The molecule has 1 aromatic rings. The lowest BCUT2D eigenvalue weighted by Gasteiger charge is -2.06. The Morgan fingerprint density at radius 2 is 2.00 bits per heavy atom. The van der Waals surface area contributed by atoms with Crippen molar-refractivity contribution < 1.29 is 19.7 Å². The topological polar surface area (TPSA) is 78.8 Å². The van der Waals surface area contributed by atoms with Gasteiger partial charge in [-0.05, 0) is 17.7 Å². The molecule has 0 aliphatic carbocycles. The van der Waals surface area contributed by atoms with Gasteiger partial charge in [0.25, 0.3) is 0 Å². The standard InChI is InChI=1S/C12H17NO4/c14-7-8-17-11-3-1-10(2-4-11)9-13-6-5-12(15)16/h1-4,13-14H,5-9H2,(H,15,16). The van der Waals surface area contributed by atoms with E-state index in [1.165, 1.54) is 0 Å². The van der Waals surface area contributed by atoms with Gasteiger partial charge in [-0.1, -0.05) is 12.1 Å². The Bertz CT molecular complexity index is 337. The summed E-state index contributed by atoms with van der Waals surface area (Å²) in [6.07, 6.45) is 0.123. The third-order valence-electron chi connectivity index (χ3n) is 2.13. The van der Waals surface area contributed by atoms with Crippen LogP contribution in [0.5, 0.6) is 5.75 Å². The quantitative estimate of drug-likeness (QED) is 0.580. The Balaban J connectivity index is 2.27. The number of hydrogen-bond acceptors (Lipinski definition) is 4. The van der Waals surface area contributed by atoms with Gasteiger partial charge in [-0.3, -0.25) is 4.79 Å². The minimum Gasteiger partial charge on any atom is -0.491 e. The number of hydrogen-bond donors (Lipinski definition) is 3. The highest BCUT2D eigenvalue weighted by atomic mass is 16.5. The lowest BCUT2D eigenvalue weighted by atomic mass is 10.2. The molecular formula is C12H17NO4. The van der Waals surface area contributed by atoms with Crippen molar-refractivity contribution in [3.8, 4) is 5.75 Å². The van der Waals surface area contributed by atoms with Gasteiger partial charge in [-0.2, -0.15) is 0 Å². The fourth-order valence-corrected chi connectivity index (χ4v) is 1.30. The molecule has 0 saturated carbocycles. The summed E-state index contributed by atoms with van der Waals surface area (Å²) in [5.74, 6) is -0.0846. The number of carbonyl (C=O) groups is 1. The van der Waals surface area contributed by atoms with Gasteiger partial charge in [-0.25, -0.2) is 0 Å². The van der Waals surface area contributed by atoms with E-state index in [-0.39, 0.29) is 19.6 Å². The van der Waals surface area contributed by atoms with E-state index in [0.717, 1.165) is 5.56 Å². The second-order valence-corrected chi connectivity index (χ2v) is 3.54. The fourth-order valence-electron chi connectivity index (χ4n) is 1.30. The summed E-state index contributed by atoms with van der Waals surface area (Å²) in [6, 6.07) is 7.45. The first kappa shape index (κ1) is 13.5. The number of aliphatic hydroxyl groups is 1. The normalized spacial score (nSPS) is 10.2. The molecule has 5 heteroatoms. The van der Waals surface area contributed by atoms with Crippen LogP contribution in [0.4, 0.5) is 0 Å². The largest absolute Gasteiger partial charge is 0.491 e. The van der Waals surface area contributed by atoms with Crippen LogP contribution in [0.15, 0.2) is 24.3 Å². The number of aliphatic hydroxyl groups excluding tert-OH is 1. The zero-order valence-corrected chi connectivity index (χ0v) is 9.56. The summed E-state index contributed by atoms with van der Waals surface area (Å²) in [7, 11) is 0. The molecule has 0 aromatic heterocycles.